The highest BCUT2D eigenvalue weighted by Crippen LogP contribution is 2.40. The molecule has 1 fully saturated rings. The Morgan fingerprint density at radius 1 is 1.16 bits per heavy atom. The highest BCUT2D eigenvalue weighted by molar-refractivity contribution is 7.89. The van der Waals surface area contributed by atoms with E-state index in [0.717, 1.165) is 23.9 Å². The molecule has 1 aliphatic heterocycles. The zero-order valence-corrected chi connectivity index (χ0v) is 18.2. The summed E-state index contributed by atoms with van der Waals surface area (Å²) in [7, 11) is -2.22. The molecule has 2 aromatic heterocycles. The molecule has 4 rings (SSSR count). The SMILES string of the molecule is Cn1cnc(S(=O)(=O)N2C[C@H](c3ccccc3)[C@@](C)(Nc3cc(C(F)(F)F)ccn3)C2)c1. The van der Waals surface area contributed by atoms with Crippen LogP contribution in [0.1, 0.15) is 24.0 Å². The van der Waals surface area contributed by atoms with Gasteiger partial charge in [-0.05, 0) is 24.6 Å². The quantitative estimate of drug-likeness (QED) is 0.624. The fraction of sp³-hybridized carbons (Fsp3) is 0.333. The average Bonchev–Trinajstić information content (AvgIpc) is 3.32. The maximum atomic E-state index is 13.2. The number of pyridine rings is 1. The number of anilines is 1. The summed E-state index contributed by atoms with van der Waals surface area (Å²) in [5, 5.41) is 3.02. The van der Waals surface area contributed by atoms with E-state index in [0.29, 0.717) is 0 Å². The van der Waals surface area contributed by atoms with Crippen molar-refractivity contribution < 1.29 is 21.6 Å². The van der Waals surface area contributed by atoms with Gasteiger partial charge in [0.2, 0.25) is 0 Å². The van der Waals surface area contributed by atoms with Crippen LogP contribution in [-0.4, -0.2) is 45.9 Å². The first-order valence-corrected chi connectivity index (χ1v) is 11.3. The van der Waals surface area contributed by atoms with Crippen LogP contribution in [0, 0.1) is 0 Å². The summed E-state index contributed by atoms with van der Waals surface area (Å²) in [5.41, 5.74) is -0.875. The summed E-state index contributed by atoms with van der Waals surface area (Å²) in [6.07, 6.45) is -0.599. The van der Waals surface area contributed by atoms with Gasteiger partial charge in [-0.3, -0.25) is 0 Å². The Hall–Kier alpha value is -2.92. The Bertz CT molecular complexity index is 1210. The minimum Gasteiger partial charge on any atom is -0.363 e. The molecule has 1 saturated heterocycles. The molecule has 0 amide bonds. The summed E-state index contributed by atoms with van der Waals surface area (Å²) in [6.45, 7) is 1.97. The molecule has 0 radical (unpaired) electrons. The number of rotatable bonds is 5. The third kappa shape index (κ3) is 4.22. The monoisotopic (exact) mass is 465 g/mol. The first-order valence-electron chi connectivity index (χ1n) is 9.83. The number of aryl methyl sites for hydroxylation is 1. The van der Waals surface area contributed by atoms with Gasteiger partial charge in [0.25, 0.3) is 10.0 Å². The molecule has 11 heteroatoms. The smallest absolute Gasteiger partial charge is 0.363 e. The maximum absolute atomic E-state index is 13.2. The van der Waals surface area contributed by atoms with Crippen molar-refractivity contribution in [1.29, 1.82) is 0 Å². The van der Waals surface area contributed by atoms with Crippen molar-refractivity contribution in [2.75, 3.05) is 18.4 Å². The van der Waals surface area contributed by atoms with Gasteiger partial charge in [-0.1, -0.05) is 30.3 Å². The Labute approximate surface area is 184 Å². The van der Waals surface area contributed by atoms with Gasteiger partial charge in [0.05, 0.1) is 17.4 Å². The Morgan fingerprint density at radius 3 is 2.50 bits per heavy atom. The molecule has 1 aliphatic rings. The third-order valence-corrected chi connectivity index (χ3v) is 7.35. The number of halogens is 3. The van der Waals surface area contributed by atoms with Gasteiger partial charge in [0.1, 0.15) is 5.82 Å². The molecule has 3 heterocycles. The second-order valence-electron chi connectivity index (χ2n) is 8.11. The molecule has 7 nitrogen and oxygen atoms in total. The normalized spacial score (nSPS) is 22.2. The highest BCUT2D eigenvalue weighted by Gasteiger charge is 2.48. The van der Waals surface area contributed by atoms with E-state index >= 15 is 0 Å². The minimum atomic E-state index is -4.51. The molecule has 2 atom stereocenters. The molecule has 0 unspecified atom stereocenters. The summed E-state index contributed by atoms with van der Waals surface area (Å²) in [5.74, 6) is -0.307. The van der Waals surface area contributed by atoms with Crippen LogP contribution in [0.4, 0.5) is 19.0 Å². The van der Waals surface area contributed by atoms with Crippen LogP contribution in [0.25, 0.3) is 0 Å². The number of benzene rings is 1. The van der Waals surface area contributed by atoms with Crippen LogP contribution in [-0.2, 0) is 23.2 Å². The minimum absolute atomic E-state index is 0.0281. The summed E-state index contributed by atoms with van der Waals surface area (Å²) in [6, 6.07) is 11.1. The predicted octanol–water partition coefficient (Wildman–Crippen LogP) is 3.49. The van der Waals surface area contributed by atoms with Crippen molar-refractivity contribution in [3.8, 4) is 0 Å². The van der Waals surface area contributed by atoms with Gasteiger partial charge in [0, 0.05) is 38.4 Å². The van der Waals surface area contributed by atoms with Gasteiger partial charge in [-0.25, -0.2) is 18.4 Å². The molecule has 170 valence electrons. The topological polar surface area (TPSA) is 80.1 Å². The largest absolute Gasteiger partial charge is 0.416 e. The second kappa shape index (κ2) is 7.89. The lowest BCUT2D eigenvalue weighted by Crippen LogP contribution is -2.43. The van der Waals surface area contributed by atoms with Gasteiger partial charge in [-0.15, -0.1) is 0 Å². The van der Waals surface area contributed by atoms with E-state index in [-0.39, 0.29) is 29.9 Å². The van der Waals surface area contributed by atoms with Crippen molar-refractivity contribution in [2.45, 2.75) is 29.6 Å². The molecule has 0 spiro atoms. The lowest BCUT2D eigenvalue weighted by atomic mass is 9.83. The van der Waals surface area contributed by atoms with E-state index in [2.05, 4.69) is 15.3 Å². The summed E-state index contributed by atoms with van der Waals surface area (Å²) >= 11 is 0. The van der Waals surface area contributed by atoms with Crippen molar-refractivity contribution in [3.63, 3.8) is 0 Å². The highest BCUT2D eigenvalue weighted by atomic mass is 32.2. The standard InChI is InChI=1S/C21H22F3N5O2S/c1-20(27-18-10-16(8-9-25-18)21(22,23)24)13-29(11-17(20)15-6-4-3-5-7-15)32(30,31)19-12-28(2)14-26-19/h3-10,12,14,17H,11,13H2,1-2H3,(H,25,27)/t17-,20+/m1/s1. The van der Waals surface area contributed by atoms with Crippen molar-refractivity contribution in [2.24, 2.45) is 7.05 Å². The summed E-state index contributed by atoms with van der Waals surface area (Å²) in [4.78, 5) is 8.02. The molecule has 0 saturated carbocycles. The van der Waals surface area contributed by atoms with E-state index in [4.69, 9.17) is 0 Å². The number of aromatic nitrogens is 3. The number of hydrogen-bond acceptors (Lipinski definition) is 5. The first-order chi connectivity index (χ1) is 15.0. The zero-order chi connectivity index (χ0) is 23.1. The lowest BCUT2D eigenvalue weighted by molar-refractivity contribution is -0.137. The van der Waals surface area contributed by atoms with Crippen LogP contribution in [0.3, 0.4) is 0 Å². The zero-order valence-electron chi connectivity index (χ0n) is 17.4. The average molecular weight is 466 g/mol. The molecule has 1 aromatic carbocycles. The van der Waals surface area contributed by atoms with E-state index in [9.17, 15) is 21.6 Å². The van der Waals surface area contributed by atoms with Crippen LogP contribution in [0.2, 0.25) is 0 Å². The fourth-order valence-corrected chi connectivity index (χ4v) is 5.56. The van der Waals surface area contributed by atoms with Crippen LogP contribution in [0.15, 0.2) is 66.2 Å². The molecule has 32 heavy (non-hydrogen) atoms. The van der Waals surface area contributed by atoms with Crippen molar-refractivity contribution in [1.82, 2.24) is 18.8 Å². The molecule has 3 aromatic rings. The van der Waals surface area contributed by atoms with Gasteiger partial charge in [-0.2, -0.15) is 17.5 Å². The molecule has 0 aliphatic carbocycles. The molecular weight excluding hydrogens is 443 g/mol. The van der Waals surface area contributed by atoms with Crippen LogP contribution >= 0.6 is 0 Å². The number of nitrogens with zero attached hydrogens (tertiary/aromatic N) is 4. The number of hydrogen-bond donors (Lipinski definition) is 1. The van der Waals surface area contributed by atoms with Crippen LogP contribution < -0.4 is 5.32 Å². The van der Waals surface area contributed by atoms with Gasteiger partial charge in [0.15, 0.2) is 5.03 Å². The molecule has 1 N–H and O–H groups in total. The third-order valence-electron chi connectivity index (χ3n) is 5.65. The number of alkyl halides is 3. The fourth-order valence-electron chi connectivity index (χ4n) is 4.04. The first kappa shape index (κ1) is 22.3. The number of imidazole rings is 1. The lowest BCUT2D eigenvalue weighted by Gasteiger charge is -2.33. The van der Waals surface area contributed by atoms with E-state index in [1.807, 2.05) is 30.3 Å². The maximum Gasteiger partial charge on any atom is 0.416 e. The van der Waals surface area contributed by atoms with Gasteiger partial charge >= 0.3 is 6.18 Å². The molecule has 0 bridgehead atoms. The Balaban J connectivity index is 1.71. The van der Waals surface area contributed by atoms with E-state index in [1.54, 1.807) is 18.5 Å². The Morgan fingerprint density at radius 2 is 1.88 bits per heavy atom. The summed E-state index contributed by atoms with van der Waals surface area (Å²) < 4.78 is 68.8. The van der Waals surface area contributed by atoms with E-state index < -0.39 is 27.3 Å². The Kier molecular flexibility index (Phi) is 5.49. The van der Waals surface area contributed by atoms with Crippen molar-refractivity contribution >= 4 is 15.8 Å². The number of sulfonamides is 1. The van der Waals surface area contributed by atoms with Gasteiger partial charge < -0.3 is 9.88 Å². The van der Waals surface area contributed by atoms with E-state index in [1.165, 1.54) is 16.8 Å². The predicted molar refractivity (Wildman–Crippen MR) is 112 cm³/mol. The second-order valence-corrected chi connectivity index (χ2v) is 9.99. The van der Waals surface area contributed by atoms with Crippen molar-refractivity contribution in [3.05, 3.63) is 72.3 Å². The number of nitrogens with one attached hydrogen (secondary N) is 1. The molecular formula is C21H22F3N5O2S. The van der Waals surface area contributed by atoms with Crippen LogP contribution in [0.5, 0.6) is 0 Å².